The van der Waals surface area contributed by atoms with Gasteiger partial charge in [0.25, 0.3) is 0 Å². The van der Waals surface area contributed by atoms with Gasteiger partial charge in [0, 0.05) is 11.9 Å². The van der Waals surface area contributed by atoms with Crippen LogP contribution >= 0.6 is 0 Å². The first-order chi connectivity index (χ1) is 12.4. The van der Waals surface area contributed by atoms with E-state index in [1.807, 2.05) is 0 Å². The molecule has 26 heavy (non-hydrogen) atoms. The molecule has 2 rings (SSSR count). The lowest BCUT2D eigenvalue weighted by Gasteiger charge is -2.28. The lowest BCUT2D eigenvalue weighted by molar-refractivity contribution is -0.313. The van der Waals surface area contributed by atoms with Crippen molar-refractivity contribution >= 4 is 29.5 Å². The molecule has 1 aromatic carbocycles. The van der Waals surface area contributed by atoms with E-state index in [1.165, 1.54) is 32.4 Å². The number of ether oxygens (including phenoxy) is 2. The first-order valence-corrected chi connectivity index (χ1v) is 7.86. The number of esters is 2. The number of anilines is 1. The number of hydrogen-bond donors (Lipinski definition) is 1. The zero-order valence-corrected chi connectivity index (χ0v) is 14.3. The van der Waals surface area contributed by atoms with Crippen LogP contribution in [0.5, 0.6) is 0 Å². The number of amides is 1. The third-order valence-corrected chi connectivity index (χ3v) is 4.18. The van der Waals surface area contributed by atoms with Gasteiger partial charge in [0.1, 0.15) is 0 Å². The molecule has 0 bridgehead atoms. The van der Waals surface area contributed by atoms with Crippen LogP contribution in [-0.2, 0) is 19.1 Å². The average molecular weight is 360 g/mol. The second-order valence-electron chi connectivity index (χ2n) is 5.71. The van der Waals surface area contributed by atoms with Crippen molar-refractivity contribution in [3.8, 4) is 0 Å². The van der Waals surface area contributed by atoms with Crippen LogP contribution < -0.4 is 10.4 Å². The third-order valence-electron chi connectivity index (χ3n) is 4.18. The minimum Gasteiger partial charge on any atom is -0.550 e. The summed E-state index contributed by atoms with van der Waals surface area (Å²) in [6.45, 7) is 0. The fourth-order valence-corrected chi connectivity index (χ4v) is 2.77. The summed E-state index contributed by atoms with van der Waals surface area (Å²) in [5, 5.41) is 13.8. The highest BCUT2D eigenvalue weighted by Crippen LogP contribution is 2.28. The first-order valence-electron chi connectivity index (χ1n) is 7.86. The van der Waals surface area contributed by atoms with Crippen LogP contribution in [0.15, 0.2) is 30.4 Å². The predicted molar refractivity (Wildman–Crippen MR) is 88.1 cm³/mol. The number of carbonyl (C=O) groups is 4. The van der Waals surface area contributed by atoms with Gasteiger partial charge in [-0.2, -0.15) is 0 Å². The van der Waals surface area contributed by atoms with E-state index < -0.39 is 35.7 Å². The molecule has 0 aliphatic heterocycles. The molecule has 0 saturated carbocycles. The van der Waals surface area contributed by atoms with Gasteiger partial charge in [-0.3, -0.25) is 4.79 Å². The molecular formula is C18H18NO7-. The number of hydrogen-bond acceptors (Lipinski definition) is 7. The summed E-state index contributed by atoms with van der Waals surface area (Å²) < 4.78 is 9.29. The van der Waals surface area contributed by atoms with Crippen LogP contribution in [0.3, 0.4) is 0 Å². The maximum atomic E-state index is 12.6. The molecule has 0 saturated heterocycles. The summed E-state index contributed by atoms with van der Waals surface area (Å²) in [7, 11) is 2.38. The lowest BCUT2D eigenvalue weighted by atomic mass is 9.82. The van der Waals surface area contributed by atoms with Crippen molar-refractivity contribution in [3.63, 3.8) is 0 Å². The SMILES string of the molecule is COC(=O)c1ccc(C(=O)OC)c(NC(=O)[C@H]2CC=CC[C@H]2C(=O)[O-])c1. The van der Waals surface area contributed by atoms with E-state index in [0.717, 1.165) is 0 Å². The summed E-state index contributed by atoms with van der Waals surface area (Å²) in [6, 6.07) is 3.97. The van der Waals surface area contributed by atoms with Gasteiger partial charge in [0.05, 0.1) is 37.0 Å². The van der Waals surface area contributed by atoms with E-state index in [-0.39, 0.29) is 29.7 Å². The lowest BCUT2D eigenvalue weighted by Crippen LogP contribution is -2.41. The minimum absolute atomic E-state index is 0.0323. The van der Waals surface area contributed by atoms with E-state index in [4.69, 9.17) is 0 Å². The highest BCUT2D eigenvalue weighted by Gasteiger charge is 2.30. The summed E-state index contributed by atoms with van der Waals surface area (Å²) in [4.78, 5) is 47.5. The normalized spacial score (nSPS) is 18.7. The van der Waals surface area contributed by atoms with E-state index in [0.29, 0.717) is 0 Å². The summed E-state index contributed by atoms with van der Waals surface area (Å²) in [6.07, 6.45) is 3.82. The molecule has 0 heterocycles. The zero-order valence-electron chi connectivity index (χ0n) is 14.3. The largest absolute Gasteiger partial charge is 0.550 e. The Morgan fingerprint density at radius 3 is 2.19 bits per heavy atom. The van der Waals surface area contributed by atoms with Crippen molar-refractivity contribution in [1.29, 1.82) is 0 Å². The number of nitrogens with one attached hydrogen (secondary N) is 1. The molecule has 1 aromatic rings. The number of rotatable bonds is 5. The van der Waals surface area contributed by atoms with Gasteiger partial charge in [0.2, 0.25) is 5.91 Å². The van der Waals surface area contributed by atoms with Crippen molar-refractivity contribution in [2.45, 2.75) is 12.8 Å². The molecule has 0 unspecified atom stereocenters. The zero-order chi connectivity index (χ0) is 19.3. The third kappa shape index (κ3) is 4.08. The van der Waals surface area contributed by atoms with Crippen LogP contribution in [0.4, 0.5) is 5.69 Å². The molecule has 0 radical (unpaired) electrons. The van der Waals surface area contributed by atoms with Crippen molar-refractivity contribution in [2.75, 3.05) is 19.5 Å². The molecule has 1 aliphatic rings. The topological polar surface area (TPSA) is 122 Å². The maximum absolute atomic E-state index is 12.6. The minimum atomic E-state index is -1.31. The molecule has 8 nitrogen and oxygen atoms in total. The molecule has 0 spiro atoms. The Balaban J connectivity index is 2.34. The van der Waals surface area contributed by atoms with E-state index >= 15 is 0 Å². The molecule has 1 amide bonds. The van der Waals surface area contributed by atoms with Crippen molar-refractivity contribution < 1.29 is 33.8 Å². The Bertz CT molecular complexity index is 769. The smallest absolute Gasteiger partial charge is 0.339 e. The van der Waals surface area contributed by atoms with Crippen LogP contribution in [0.1, 0.15) is 33.6 Å². The van der Waals surface area contributed by atoms with Gasteiger partial charge in [-0.25, -0.2) is 9.59 Å². The average Bonchev–Trinajstić information content (AvgIpc) is 2.66. The number of carbonyl (C=O) groups excluding carboxylic acids is 4. The van der Waals surface area contributed by atoms with Crippen molar-refractivity contribution in [2.24, 2.45) is 11.8 Å². The monoisotopic (exact) mass is 360 g/mol. The van der Waals surface area contributed by atoms with Crippen molar-refractivity contribution in [3.05, 3.63) is 41.5 Å². The fraction of sp³-hybridized carbons (Fsp3) is 0.333. The molecular weight excluding hydrogens is 342 g/mol. The van der Waals surface area contributed by atoms with E-state index in [9.17, 15) is 24.3 Å². The highest BCUT2D eigenvalue weighted by molar-refractivity contribution is 6.04. The summed E-state index contributed by atoms with van der Waals surface area (Å²) >= 11 is 0. The molecule has 2 atom stereocenters. The highest BCUT2D eigenvalue weighted by atomic mass is 16.5. The summed E-state index contributed by atoms with van der Waals surface area (Å²) in [5.41, 5.74) is 0.191. The Morgan fingerprint density at radius 1 is 1.00 bits per heavy atom. The second kappa shape index (κ2) is 8.28. The molecule has 0 aromatic heterocycles. The van der Waals surface area contributed by atoms with Gasteiger partial charge in [-0.1, -0.05) is 12.2 Å². The quantitative estimate of drug-likeness (QED) is 0.600. The Morgan fingerprint density at radius 2 is 1.62 bits per heavy atom. The molecule has 1 N–H and O–H groups in total. The Kier molecular flexibility index (Phi) is 6.11. The molecule has 1 aliphatic carbocycles. The van der Waals surface area contributed by atoms with Gasteiger partial charge >= 0.3 is 11.9 Å². The van der Waals surface area contributed by atoms with Gasteiger partial charge < -0.3 is 24.7 Å². The van der Waals surface area contributed by atoms with Gasteiger partial charge in [-0.05, 0) is 31.0 Å². The number of methoxy groups -OCH3 is 2. The number of carboxylic acid groups (broad SMARTS) is 1. The molecule has 0 fully saturated rings. The first kappa shape index (κ1) is 19.2. The van der Waals surface area contributed by atoms with Gasteiger partial charge in [0.15, 0.2) is 0 Å². The van der Waals surface area contributed by atoms with Crippen LogP contribution in [-0.4, -0.2) is 38.0 Å². The standard InChI is InChI=1S/C18H19NO7/c1-25-17(23)10-7-8-13(18(24)26-2)14(9-10)19-15(20)11-5-3-4-6-12(11)16(21)22/h3-4,7-9,11-12H,5-6H2,1-2H3,(H,19,20)(H,21,22)/p-1/t11-,12+/m0/s1. The van der Waals surface area contributed by atoms with E-state index in [1.54, 1.807) is 12.2 Å². The van der Waals surface area contributed by atoms with Gasteiger partial charge in [-0.15, -0.1) is 0 Å². The van der Waals surface area contributed by atoms with Crippen LogP contribution in [0.2, 0.25) is 0 Å². The number of benzene rings is 1. The maximum Gasteiger partial charge on any atom is 0.339 e. The number of carboxylic acids is 1. The number of aliphatic carboxylic acids is 1. The number of allylic oxidation sites excluding steroid dienone is 2. The fourth-order valence-electron chi connectivity index (χ4n) is 2.77. The summed E-state index contributed by atoms with van der Waals surface area (Å²) in [5.74, 6) is -5.08. The molecule has 8 heteroatoms. The van der Waals surface area contributed by atoms with Crippen molar-refractivity contribution in [1.82, 2.24) is 0 Å². The van der Waals surface area contributed by atoms with E-state index in [2.05, 4.69) is 14.8 Å². The Hall–Kier alpha value is -3.16. The van der Waals surface area contributed by atoms with Crippen LogP contribution in [0.25, 0.3) is 0 Å². The predicted octanol–water partition coefficient (Wildman–Crippen LogP) is 0.531. The second-order valence-corrected chi connectivity index (χ2v) is 5.71. The van der Waals surface area contributed by atoms with Crippen LogP contribution in [0, 0.1) is 11.8 Å². The molecule has 138 valence electrons. The Labute approximate surface area is 149 Å².